The van der Waals surface area contributed by atoms with Crippen LogP contribution in [-0.4, -0.2) is 55.3 Å². The number of benzene rings is 1. The topological polar surface area (TPSA) is 71.5 Å². The lowest BCUT2D eigenvalue weighted by Crippen LogP contribution is -2.25. The van der Waals surface area contributed by atoms with Crippen LogP contribution >= 0.6 is 0 Å². The summed E-state index contributed by atoms with van der Waals surface area (Å²) >= 11 is 0. The van der Waals surface area contributed by atoms with Gasteiger partial charge in [-0.15, -0.1) is 0 Å². The third-order valence-electron chi connectivity index (χ3n) is 4.19. The number of hydrogen-bond donors (Lipinski definition) is 2. The lowest BCUT2D eigenvalue weighted by Gasteiger charge is -2.17. The highest BCUT2D eigenvalue weighted by Gasteiger charge is 2.09. The molecule has 8 heteroatoms. The van der Waals surface area contributed by atoms with Crippen LogP contribution in [0, 0.1) is 5.82 Å². The van der Waals surface area contributed by atoms with Crippen LogP contribution in [0.15, 0.2) is 24.4 Å². The van der Waals surface area contributed by atoms with E-state index in [1.807, 2.05) is 0 Å². The zero-order chi connectivity index (χ0) is 19.6. The van der Waals surface area contributed by atoms with Gasteiger partial charge in [-0.2, -0.15) is 4.98 Å². The fourth-order valence-electron chi connectivity index (χ4n) is 2.60. The summed E-state index contributed by atoms with van der Waals surface area (Å²) < 4.78 is 24.6. The Kier molecular flexibility index (Phi) is 8.06. The molecular weight excluding hydrogens is 349 g/mol. The minimum atomic E-state index is -0.537. The molecule has 2 N–H and O–H groups in total. The highest BCUT2D eigenvalue weighted by Crippen LogP contribution is 2.28. The molecule has 0 aliphatic carbocycles. The second-order valence-corrected chi connectivity index (χ2v) is 5.92. The number of rotatable bonds is 11. The van der Waals surface area contributed by atoms with Crippen LogP contribution in [0.1, 0.15) is 20.3 Å². The third kappa shape index (κ3) is 6.25. The van der Waals surface area contributed by atoms with Crippen molar-refractivity contribution < 1.29 is 13.9 Å². The molecule has 0 aliphatic heterocycles. The molecule has 0 fully saturated rings. The number of nitrogens with one attached hydrogen (secondary N) is 2. The van der Waals surface area contributed by atoms with E-state index in [2.05, 4.69) is 39.3 Å². The lowest BCUT2D eigenvalue weighted by atomic mass is 10.2. The molecule has 0 saturated carbocycles. The Morgan fingerprint density at radius 1 is 1.07 bits per heavy atom. The van der Waals surface area contributed by atoms with Crippen molar-refractivity contribution in [1.29, 1.82) is 0 Å². The second kappa shape index (κ2) is 10.5. The Morgan fingerprint density at radius 3 is 2.33 bits per heavy atom. The summed E-state index contributed by atoms with van der Waals surface area (Å²) in [6, 6.07) is 5.22. The van der Waals surface area contributed by atoms with Crippen LogP contribution in [0.5, 0.6) is 11.5 Å². The molecule has 0 saturated heterocycles. The minimum Gasteiger partial charge on any atom is -0.497 e. The molecule has 7 nitrogen and oxygen atoms in total. The van der Waals surface area contributed by atoms with Gasteiger partial charge in [-0.1, -0.05) is 13.8 Å². The molecule has 0 aliphatic rings. The number of halogens is 1. The van der Waals surface area contributed by atoms with Gasteiger partial charge in [0, 0.05) is 30.4 Å². The molecule has 27 heavy (non-hydrogen) atoms. The molecule has 1 aromatic heterocycles. The van der Waals surface area contributed by atoms with Crippen LogP contribution < -0.4 is 20.1 Å². The number of anilines is 3. The van der Waals surface area contributed by atoms with E-state index in [-0.39, 0.29) is 5.82 Å². The maximum atomic E-state index is 14.1. The van der Waals surface area contributed by atoms with Gasteiger partial charge in [0.05, 0.1) is 20.4 Å². The summed E-state index contributed by atoms with van der Waals surface area (Å²) in [7, 11) is 3.12. The number of aromatic nitrogens is 2. The van der Waals surface area contributed by atoms with Crippen LogP contribution in [-0.2, 0) is 0 Å². The molecule has 0 atom stereocenters. The van der Waals surface area contributed by atoms with Gasteiger partial charge < -0.3 is 25.0 Å². The smallest absolute Gasteiger partial charge is 0.224 e. The molecule has 148 valence electrons. The van der Waals surface area contributed by atoms with E-state index in [1.54, 1.807) is 32.4 Å². The minimum absolute atomic E-state index is 0.0894. The first kappa shape index (κ1) is 20.7. The monoisotopic (exact) mass is 377 g/mol. The van der Waals surface area contributed by atoms with Crippen LogP contribution in [0.4, 0.5) is 21.8 Å². The maximum Gasteiger partial charge on any atom is 0.224 e. The van der Waals surface area contributed by atoms with E-state index in [0.29, 0.717) is 29.7 Å². The van der Waals surface area contributed by atoms with Crippen molar-refractivity contribution >= 4 is 17.5 Å². The number of hydrogen-bond acceptors (Lipinski definition) is 7. The number of ether oxygens (including phenoxy) is 2. The average molecular weight is 377 g/mol. The zero-order valence-electron chi connectivity index (χ0n) is 16.4. The molecular formula is C19H28FN5O2. The molecule has 1 aromatic carbocycles. The first-order chi connectivity index (χ1) is 13.1. The van der Waals surface area contributed by atoms with E-state index in [9.17, 15) is 4.39 Å². The van der Waals surface area contributed by atoms with Gasteiger partial charge in [0.2, 0.25) is 5.95 Å². The lowest BCUT2D eigenvalue weighted by molar-refractivity contribution is 0.303. The van der Waals surface area contributed by atoms with Crippen LogP contribution in [0.3, 0.4) is 0 Å². The van der Waals surface area contributed by atoms with Gasteiger partial charge in [0.25, 0.3) is 0 Å². The average Bonchev–Trinajstić information content (AvgIpc) is 2.70. The van der Waals surface area contributed by atoms with Crippen molar-refractivity contribution in [3.63, 3.8) is 0 Å². The number of methoxy groups -OCH3 is 2. The first-order valence-electron chi connectivity index (χ1n) is 9.08. The summed E-state index contributed by atoms with van der Waals surface area (Å²) in [6.07, 6.45) is 2.11. The van der Waals surface area contributed by atoms with Crippen molar-refractivity contribution in [2.45, 2.75) is 20.3 Å². The SMILES string of the molecule is CCN(CC)CCCNc1ncc(F)c(Nc2cc(OC)cc(OC)c2)n1. The summed E-state index contributed by atoms with van der Waals surface area (Å²) in [6.45, 7) is 8.06. The van der Waals surface area contributed by atoms with Crippen molar-refractivity contribution in [2.75, 3.05) is 51.0 Å². The maximum absolute atomic E-state index is 14.1. The Balaban J connectivity index is 2.02. The molecule has 0 amide bonds. The molecule has 0 radical (unpaired) electrons. The molecule has 0 bridgehead atoms. The van der Waals surface area contributed by atoms with E-state index < -0.39 is 5.82 Å². The Morgan fingerprint density at radius 2 is 1.74 bits per heavy atom. The quantitative estimate of drug-likeness (QED) is 0.581. The highest BCUT2D eigenvalue weighted by atomic mass is 19.1. The van der Waals surface area contributed by atoms with Gasteiger partial charge >= 0.3 is 0 Å². The Bertz CT molecular complexity index is 703. The predicted octanol–water partition coefficient (Wildman–Crippen LogP) is 3.52. The largest absolute Gasteiger partial charge is 0.497 e. The van der Waals surface area contributed by atoms with Gasteiger partial charge in [0.1, 0.15) is 11.5 Å². The van der Waals surface area contributed by atoms with Gasteiger partial charge in [-0.3, -0.25) is 0 Å². The summed E-state index contributed by atoms with van der Waals surface area (Å²) in [5.74, 6) is 1.13. The molecule has 1 heterocycles. The Labute approximate surface area is 159 Å². The molecule has 2 rings (SSSR count). The van der Waals surface area contributed by atoms with Crippen molar-refractivity contribution in [1.82, 2.24) is 14.9 Å². The fourth-order valence-corrected chi connectivity index (χ4v) is 2.60. The van der Waals surface area contributed by atoms with E-state index in [1.165, 1.54) is 0 Å². The van der Waals surface area contributed by atoms with Crippen molar-refractivity contribution in [3.05, 3.63) is 30.2 Å². The van der Waals surface area contributed by atoms with Gasteiger partial charge in [0.15, 0.2) is 11.6 Å². The van der Waals surface area contributed by atoms with Crippen LogP contribution in [0.2, 0.25) is 0 Å². The molecule has 0 unspecified atom stereocenters. The molecule has 0 spiro atoms. The van der Waals surface area contributed by atoms with E-state index in [0.717, 1.165) is 32.3 Å². The van der Waals surface area contributed by atoms with Crippen LogP contribution in [0.25, 0.3) is 0 Å². The molecule has 2 aromatic rings. The van der Waals surface area contributed by atoms with Crippen molar-refractivity contribution in [2.24, 2.45) is 0 Å². The zero-order valence-corrected chi connectivity index (χ0v) is 16.4. The fraction of sp³-hybridized carbons (Fsp3) is 0.474. The highest BCUT2D eigenvalue weighted by molar-refractivity contribution is 5.62. The summed E-state index contributed by atoms with van der Waals surface area (Å²) in [5.41, 5.74) is 0.608. The van der Waals surface area contributed by atoms with E-state index >= 15 is 0 Å². The normalized spacial score (nSPS) is 10.7. The Hall–Kier alpha value is -2.61. The van der Waals surface area contributed by atoms with Gasteiger partial charge in [-0.25, -0.2) is 9.37 Å². The van der Waals surface area contributed by atoms with Gasteiger partial charge in [-0.05, 0) is 26.1 Å². The summed E-state index contributed by atoms with van der Waals surface area (Å²) in [4.78, 5) is 10.6. The number of nitrogens with zero attached hydrogens (tertiary/aromatic N) is 3. The standard InChI is InChI=1S/C19H28FN5O2/c1-5-25(6-2)9-7-8-21-19-22-13-17(20)18(24-19)23-14-10-15(26-3)12-16(11-14)27-4/h10-13H,5-9H2,1-4H3,(H2,21,22,23,24). The second-order valence-electron chi connectivity index (χ2n) is 5.92. The first-order valence-corrected chi connectivity index (χ1v) is 9.08. The van der Waals surface area contributed by atoms with E-state index in [4.69, 9.17) is 9.47 Å². The predicted molar refractivity (Wildman–Crippen MR) is 106 cm³/mol. The summed E-state index contributed by atoms with van der Waals surface area (Å²) in [5, 5.41) is 6.10. The third-order valence-corrected chi connectivity index (χ3v) is 4.19. The van der Waals surface area contributed by atoms with Crippen molar-refractivity contribution in [3.8, 4) is 11.5 Å².